The molecule has 0 saturated heterocycles. The molecular weight excluding hydrogens is 283 g/mol. The Morgan fingerprint density at radius 2 is 2.21 bits per heavy atom. The molecule has 1 rings (SSSR count). The fraction of sp³-hybridized carbons (Fsp3) is 0.143. The molecule has 1 N–H and O–H groups in total. The van der Waals surface area contributed by atoms with E-state index in [1.165, 1.54) is 0 Å². The molecule has 1 aromatic heterocycles. The van der Waals surface area contributed by atoms with Gasteiger partial charge in [0.1, 0.15) is 4.60 Å². The van der Waals surface area contributed by atoms with Crippen LogP contribution in [0.5, 0.6) is 0 Å². The van der Waals surface area contributed by atoms with Crippen molar-refractivity contribution in [3.63, 3.8) is 0 Å². The SMILES string of the molecule is O=C(O)c1c(C(F)F)cnc(Br)c1Cl. The predicted molar refractivity (Wildman–Crippen MR) is 48.9 cm³/mol. The second-order valence-electron chi connectivity index (χ2n) is 2.30. The maximum atomic E-state index is 12.3. The van der Waals surface area contributed by atoms with Crippen LogP contribution in [0.15, 0.2) is 10.8 Å². The lowest BCUT2D eigenvalue weighted by atomic mass is 10.1. The maximum Gasteiger partial charge on any atom is 0.337 e. The number of carboxylic acids is 1. The Kier molecular flexibility index (Phi) is 3.38. The first-order valence-electron chi connectivity index (χ1n) is 3.30. The molecular formula is C7H3BrClF2NO2. The van der Waals surface area contributed by atoms with Crippen molar-refractivity contribution in [2.45, 2.75) is 6.43 Å². The molecule has 3 nitrogen and oxygen atoms in total. The number of aromatic nitrogens is 1. The monoisotopic (exact) mass is 285 g/mol. The third-order valence-electron chi connectivity index (χ3n) is 1.46. The number of halogens is 4. The average Bonchev–Trinajstić information content (AvgIpc) is 2.08. The van der Waals surface area contributed by atoms with E-state index in [1.54, 1.807) is 0 Å². The van der Waals surface area contributed by atoms with Gasteiger partial charge < -0.3 is 5.11 Å². The molecule has 0 spiro atoms. The van der Waals surface area contributed by atoms with Crippen molar-refractivity contribution in [3.8, 4) is 0 Å². The molecule has 0 aliphatic heterocycles. The molecule has 0 aromatic carbocycles. The number of aromatic carboxylic acids is 1. The van der Waals surface area contributed by atoms with Gasteiger partial charge in [0, 0.05) is 6.20 Å². The second kappa shape index (κ2) is 4.18. The quantitative estimate of drug-likeness (QED) is 0.850. The number of nitrogens with zero attached hydrogens (tertiary/aromatic N) is 1. The fourth-order valence-corrected chi connectivity index (χ4v) is 1.40. The minimum Gasteiger partial charge on any atom is -0.478 e. The number of hydrogen-bond acceptors (Lipinski definition) is 2. The number of carbonyl (C=O) groups is 1. The van der Waals surface area contributed by atoms with Crippen molar-refractivity contribution in [2.24, 2.45) is 0 Å². The summed E-state index contributed by atoms with van der Waals surface area (Å²) >= 11 is 8.36. The van der Waals surface area contributed by atoms with Crippen LogP contribution in [0.4, 0.5) is 8.78 Å². The van der Waals surface area contributed by atoms with Crippen LogP contribution in [0.3, 0.4) is 0 Å². The van der Waals surface area contributed by atoms with Crippen LogP contribution in [-0.2, 0) is 0 Å². The summed E-state index contributed by atoms with van der Waals surface area (Å²) in [5, 5.41) is 8.33. The zero-order valence-electron chi connectivity index (χ0n) is 6.47. The summed E-state index contributed by atoms with van der Waals surface area (Å²) in [6.07, 6.45) is -2.14. The first kappa shape index (κ1) is 11.3. The van der Waals surface area contributed by atoms with E-state index in [0.29, 0.717) is 0 Å². The number of pyridine rings is 1. The van der Waals surface area contributed by atoms with Crippen molar-refractivity contribution >= 4 is 33.5 Å². The zero-order chi connectivity index (χ0) is 10.9. The standard InChI is InChI=1S/C7H3BrClF2NO2/c8-5-4(9)3(7(13)14)2(1-12-5)6(10)11/h1,6H,(H,13,14). The summed E-state index contributed by atoms with van der Waals surface area (Å²) in [5.41, 5.74) is -1.31. The van der Waals surface area contributed by atoms with Crippen molar-refractivity contribution in [1.29, 1.82) is 0 Å². The number of rotatable bonds is 2. The fourth-order valence-electron chi connectivity index (χ4n) is 0.860. The smallest absolute Gasteiger partial charge is 0.337 e. The van der Waals surface area contributed by atoms with E-state index in [4.69, 9.17) is 16.7 Å². The number of alkyl halides is 2. The van der Waals surface area contributed by atoms with Crippen LogP contribution >= 0.6 is 27.5 Å². The third-order valence-corrected chi connectivity index (χ3v) is 2.65. The van der Waals surface area contributed by atoms with Gasteiger partial charge in [-0.1, -0.05) is 11.6 Å². The summed E-state index contributed by atoms with van der Waals surface area (Å²) < 4.78 is 24.7. The van der Waals surface area contributed by atoms with E-state index in [9.17, 15) is 13.6 Å². The summed E-state index contributed by atoms with van der Waals surface area (Å²) in [6, 6.07) is 0. The highest BCUT2D eigenvalue weighted by atomic mass is 79.9. The molecule has 0 fully saturated rings. The van der Waals surface area contributed by atoms with E-state index in [1.807, 2.05) is 0 Å². The summed E-state index contributed by atoms with van der Waals surface area (Å²) in [7, 11) is 0. The second-order valence-corrected chi connectivity index (χ2v) is 3.43. The molecule has 0 aliphatic carbocycles. The molecule has 1 aromatic rings. The summed E-state index contributed by atoms with van der Waals surface area (Å²) in [4.78, 5) is 14.1. The van der Waals surface area contributed by atoms with Crippen LogP contribution in [0.25, 0.3) is 0 Å². The van der Waals surface area contributed by atoms with E-state index in [2.05, 4.69) is 20.9 Å². The van der Waals surface area contributed by atoms with Gasteiger partial charge >= 0.3 is 5.97 Å². The highest BCUT2D eigenvalue weighted by molar-refractivity contribution is 9.10. The lowest BCUT2D eigenvalue weighted by molar-refractivity contribution is 0.0684. The van der Waals surface area contributed by atoms with Crippen LogP contribution < -0.4 is 0 Å². The van der Waals surface area contributed by atoms with E-state index >= 15 is 0 Å². The molecule has 0 atom stereocenters. The Balaban J connectivity index is 3.45. The van der Waals surface area contributed by atoms with Crippen molar-refractivity contribution in [2.75, 3.05) is 0 Å². The maximum absolute atomic E-state index is 12.3. The van der Waals surface area contributed by atoms with Gasteiger partial charge in [0.2, 0.25) is 0 Å². The molecule has 0 unspecified atom stereocenters. The van der Waals surface area contributed by atoms with Crippen molar-refractivity contribution in [1.82, 2.24) is 4.98 Å². The van der Waals surface area contributed by atoms with Gasteiger partial charge in [-0.15, -0.1) is 0 Å². The normalized spacial score (nSPS) is 10.6. The van der Waals surface area contributed by atoms with Crippen molar-refractivity contribution < 1.29 is 18.7 Å². The minimum atomic E-state index is -2.92. The zero-order valence-corrected chi connectivity index (χ0v) is 8.81. The van der Waals surface area contributed by atoms with Gasteiger partial charge in [-0.3, -0.25) is 0 Å². The van der Waals surface area contributed by atoms with Gasteiger partial charge in [0.25, 0.3) is 6.43 Å². The molecule has 0 bridgehead atoms. The van der Waals surface area contributed by atoms with Gasteiger partial charge in [-0.25, -0.2) is 18.6 Å². The van der Waals surface area contributed by atoms with Gasteiger partial charge in [-0.05, 0) is 15.9 Å². The Morgan fingerprint density at radius 1 is 1.64 bits per heavy atom. The lowest BCUT2D eigenvalue weighted by Gasteiger charge is -2.06. The molecule has 0 amide bonds. The topological polar surface area (TPSA) is 50.2 Å². The average molecular weight is 286 g/mol. The van der Waals surface area contributed by atoms with Gasteiger partial charge in [0.05, 0.1) is 16.1 Å². The Labute approximate surface area is 90.8 Å². The first-order chi connectivity index (χ1) is 6.45. The number of hydrogen-bond donors (Lipinski definition) is 1. The summed E-state index contributed by atoms with van der Waals surface area (Å²) in [6.45, 7) is 0. The van der Waals surface area contributed by atoms with E-state index in [-0.39, 0.29) is 9.63 Å². The Morgan fingerprint density at radius 3 is 2.64 bits per heavy atom. The molecule has 7 heteroatoms. The highest BCUT2D eigenvalue weighted by Gasteiger charge is 2.23. The van der Waals surface area contributed by atoms with Gasteiger partial charge in [-0.2, -0.15) is 0 Å². The molecule has 1 heterocycles. The summed E-state index contributed by atoms with van der Waals surface area (Å²) in [5.74, 6) is -1.51. The molecule has 0 saturated carbocycles. The van der Waals surface area contributed by atoms with Crippen LogP contribution in [0.2, 0.25) is 5.02 Å². The molecule has 14 heavy (non-hydrogen) atoms. The highest BCUT2D eigenvalue weighted by Crippen LogP contribution is 2.31. The van der Waals surface area contributed by atoms with Crippen LogP contribution in [-0.4, -0.2) is 16.1 Å². The minimum absolute atomic E-state index is 0.0287. The molecule has 0 radical (unpaired) electrons. The third kappa shape index (κ3) is 2.01. The van der Waals surface area contributed by atoms with Crippen LogP contribution in [0.1, 0.15) is 22.3 Å². The largest absolute Gasteiger partial charge is 0.478 e. The predicted octanol–water partition coefficient (Wildman–Crippen LogP) is 3.13. The Hall–Kier alpha value is -0.750. The lowest BCUT2D eigenvalue weighted by Crippen LogP contribution is -2.05. The number of carboxylic acid groups (broad SMARTS) is 1. The first-order valence-corrected chi connectivity index (χ1v) is 4.47. The molecule has 76 valence electrons. The van der Waals surface area contributed by atoms with Gasteiger partial charge in [0.15, 0.2) is 0 Å². The molecule has 0 aliphatic rings. The van der Waals surface area contributed by atoms with E-state index < -0.39 is 23.5 Å². The van der Waals surface area contributed by atoms with E-state index in [0.717, 1.165) is 6.20 Å². The van der Waals surface area contributed by atoms with Crippen LogP contribution in [0, 0.1) is 0 Å². The van der Waals surface area contributed by atoms with Crippen molar-refractivity contribution in [3.05, 3.63) is 26.9 Å². The Bertz CT molecular complexity index is 386.